The van der Waals surface area contributed by atoms with E-state index in [2.05, 4.69) is 20.9 Å². The van der Waals surface area contributed by atoms with Crippen molar-refractivity contribution in [2.75, 3.05) is 15.8 Å². The Morgan fingerprint density at radius 1 is 1.27 bits per heavy atom. The van der Waals surface area contributed by atoms with E-state index in [1.54, 1.807) is 19.1 Å². The molecule has 1 heterocycles. The Hall–Kier alpha value is -3.09. The molecule has 30 heavy (non-hydrogen) atoms. The van der Waals surface area contributed by atoms with E-state index in [0.717, 1.165) is 6.07 Å². The van der Waals surface area contributed by atoms with Crippen molar-refractivity contribution in [3.05, 3.63) is 57.3 Å². The molecule has 0 saturated heterocycles. The van der Waals surface area contributed by atoms with Crippen molar-refractivity contribution < 1.29 is 12.8 Å². The zero-order chi connectivity index (χ0) is 22.1. The number of nitrogens with zero attached hydrogens (tertiary/aromatic N) is 2. The van der Waals surface area contributed by atoms with E-state index in [0.29, 0.717) is 11.9 Å². The molecule has 0 aliphatic rings. The molecule has 156 valence electrons. The van der Waals surface area contributed by atoms with Gasteiger partial charge in [-0.25, -0.2) is 17.8 Å². The van der Waals surface area contributed by atoms with Crippen molar-refractivity contribution in [3.63, 3.8) is 0 Å². The second-order valence-corrected chi connectivity index (χ2v) is 8.74. The first-order valence-electron chi connectivity index (χ1n) is 8.89. The van der Waals surface area contributed by atoms with Crippen LogP contribution in [0.15, 0.2) is 35.4 Å². The molecule has 0 aliphatic carbocycles. The number of nitrogens with one attached hydrogen (secondary N) is 2. The fourth-order valence-corrected chi connectivity index (χ4v) is 4.36. The lowest BCUT2D eigenvalue weighted by Gasteiger charge is -2.16. The lowest BCUT2D eigenvalue weighted by Crippen LogP contribution is -2.18. The number of halogens is 2. The Labute approximate surface area is 177 Å². The molecule has 0 saturated carbocycles. The number of rotatable bonds is 6. The second-order valence-electron chi connectivity index (χ2n) is 6.52. The van der Waals surface area contributed by atoms with Crippen LogP contribution in [-0.2, 0) is 17.1 Å². The van der Waals surface area contributed by atoms with Gasteiger partial charge in [0.25, 0.3) is 5.56 Å². The summed E-state index contributed by atoms with van der Waals surface area (Å²) >= 11 is 6.28. The molecule has 2 aromatic carbocycles. The first-order valence-corrected chi connectivity index (χ1v) is 10.9. The first kappa shape index (κ1) is 21.6. The van der Waals surface area contributed by atoms with Gasteiger partial charge in [-0.15, -0.1) is 6.42 Å². The molecule has 0 spiro atoms. The summed E-state index contributed by atoms with van der Waals surface area (Å²) in [7, 11) is -2.09. The maximum absolute atomic E-state index is 14.5. The van der Waals surface area contributed by atoms with Gasteiger partial charge in [-0.05, 0) is 30.7 Å². The quantitative estimate of drug-likeness (QED) is 0.562. The van der Waals surface area contributed by atoms with Gasteiger partial charge in [0.2, 0.25) is 10.0 Å². The van der Waals surface area contributed by atoms with Gasteiger partial charge >= 0.3 is 0 Å². The third-order valence-corrected chi connectivity index (χ3v) is 6.19. The molecular formula is C20H18ClFN4O3S. The van der Waals surface area contributed by atoms with Crippen molar-refractivity contribution in [2.45, 2.75) is 13.3 Å². The van der Waals surface area contributed by atoms with Crippen molar-refractivity contribution in [1.29, 1.82) is 0 Å². The summed E-state index contributed by atoms with van der Waals surface area (Å²) in [5, 5.41) is 2.83. The van der Waals surface area contributed by atoms with Crippen molar-refractivity contribution >= 4 is 49.6 Å². The van der Waals surface area contributed by atoms with Crippen LogP contribution in [0.4, 0.5) is 21.5 Å². The van der Waals surface area contributed by atoms with Gasteiger partial charge in [0.1, 0.15) is 5.82 Å². The molecule has 0 bridgehead atoms. The van der Waals surface area contributed by atoms with Gasteiger partial charge < -0.3 is 9.88 Å². The van der Waals surface area contributed by atoms with Crippen LogP contribution in [0.5, 0.6) is 0 Å². The molecule has 1 aromatic heterocycles. The molecule has 0 atom stereocenters. The monoisotopic (exact) mass is 448 g/mol. The van der Waals surface area contributed by atoms with E-state index in [4.69, 9.17) is 18.0 Å². The van der Waals surface area contributed by atoms with Crippen LogP contribution in [0.25, 0.3) is 10.9 Å². The number of anilines is 3. The molecule has 2 N–H and O–H groups in total. The predicted molar refractivity (Wildman–Crippen MR) is 117 cm³/mol. The van der Waals surface area contributed by atoms with Gasteiger partial charge in [-0.1, -0.05) is 24.4 Å². The Bertz CT molecular complexity index is 1350. The SMILES string of the molecule is C#Cc1c(Nc2c(F)ccc(NS(=O)(=O)CCC)c2Cl)ccc2ncn(C)c(=O)c12. The lowest BCUT2D eigenvalue weighted by molar-refractivity contribution is 0.599. The summed E-state index contributed by atoms with van der Waals surface area (Å²) in [6.45, 7) is 1.72. The Morgan fingerprint density at radius 3 is 2.63 bits per heavy atom. The van der Waals surface area contributed by atoms with Gasteiger partial charge in [-0.2, -0.15) is 0 Å². The molecule has 0 amide bonds. The zero-order valence-electron chi connectivity index (χ0n) is 16.2. The third kappa shape index (κ3) is 4.10. The normalized spacial score (nSPS) is 11.3. The summed E-state index contributed by atoms with van der Waals surface area (Å²) in [5.41, 5.74) is 0.325. The Balaban J connectivity index is 2.12. The maximum Gasteiger partial charge on any atom is 0.262 e. The van der Waals surface area contributed by atoms with Crippen LogP contribution in [0.3, 0.4) is 0 Å². The highest BCUT2D eigenvalue weighted by molar-refractivity contribution is 7.92. The number of sulfonamides is 1. The average Bonchev–Trinajstić information content (AvgIpc) is 2.69. The van der Waals surface area contributed by atoms with E-state index in [1.807, 2.05) is 0 Å². The van der Waals surface area contributed by atoms with E-state index in [9.17, 15) is 17.6 Å². The molecule has 0 fully saturated rings. The van der Waals surface area contributed by atoms with Crippen LogP contribution >= 0.6 is 11.6 Å². The van der Waals surface area contributed by atoms with Gasteiger partial charge in [0, 0.05) is 7.05 Å². The number of benzene rings is 2. The number of fused-ring (bicyclic) bond motifs is 1. The Kier molecular flexibility index (Phi) is 6.01. The molecular weight excluding hydrogens is 431 g/mol. The highest BCUT2D eigenvalue weighted by Crippen LogP contribution is 2.36. The van der Waals surface area contributed by atoms with Gasteiger partial charge in [0.15, 0.2) is 0 Å². The number of hydrogen-bond donors (Lipinski definition) is 2. The number of terminal acetylenes is 1. The highest BCUT2D eigenvalue weighted by atomic mass is 35.5. The van der Waals surface area contributed by atoms with E-state index >= 15 is 0 Å². The standard InChI is InChI=1S/C20H18ClFN4O3S/c1-4-10-30(28,29)25-16-7-6-13(22)19(18(16)21)24-14-8-9-15-17(12(14)5-2)20(27)26(3)11-23-15/h2,6-9,11,24-25H,4,10H2,1,3H3. The largest absolute Gasteiger partial charge is 0.351 e. The first-order chi connectivity index (χ1) is 14.2. The lowest BCUT2D eigenvalue weighted by atomic mass is 10.1. The summed E-state index contributed by atoms with van der Waals surface area (Å²) in [5.74, 6) is 1.62. The molecule has 10 heteroatoms. The van der Waals surface area contributed by atoms with Crippen LogP contribution in [0.1, 0.15) is 18.9 Å². The highest BCUT2D eigenvalue weighted by Gasteiger charge is 2.19. The molecule has 0 radical (unpaired) electrons. The molecule has 0 unspecified atom stereocenters. The maximum atomic E-state index is 14.5. The molecule has 0 aliphatic heterocycles. The summed E-state index contributed by atoms with van der Waals surface area (Å²) in [6.07, 6.45) is 7.41. The second kappa shape index (κ2) is 8.34. The van der Waals surface area contributed by atoms with Crippen molar-refractivity contribution in [2.24, 2.45) is 7.05 Å². The number of aromatic nitrogens is 2. The van der Waals surface area contributed by atoms with E-state index in [-0.39, 0.29) is 44.3 Å². The third-order valence-electron chi connectivity index (χ3n) is 4.32. The van der Waals surface area contributed by atoms with E-state index < -0.39 is 15.8 Å². The van der Waals surface area contributed by atoms with Crippen molar-refractivity contribution in [3.8, 4) is 12.3 Å². The molecule has 3 aromatic rings. The number of hydrogen-bond acceptors (Lipinski definition) is 5. The zero-order valence-corrected chi connectivity index (χ0v) is 17.7. The van der Waals surface area contributed by atoms with Gasteiger partial charge in [-0.3, -0.25) is 9.52 Å². The van der Waals surface area contributed by atoms with Crippen molar-refractivity contribution in [1.82, 2.24) is 9.55 Å². The summed E-state index contributed by atoms with van der Waals surface area (Å²) in [4.78, 5) is 16.7. The van der Waals surface area contributed by atoms with Gasteiger partial charge in [0.05, 0.1) is 50.6 Å². The van der Waals surface area contributed by atoms with Crippen LogP contribution in [0.2, 0.25) is 5.02 Å². The fourth-order valence-electron chi connectivity index (χ4n) is 2.92. The molecule has 3 rings (SSSR count). The summed E-state index contributed by atoms with van der Waals surface area (Å²) < 4.78 is 42.3. The summed E-state index contributed by atoms with van der Waals surface area (Å²) in [6, 6.07) is 5.43. The average molecular weight is 449 g/mol. The Morgan fingerprint density at radius 2 is 1.97 bits per heavy atom. The smallest absolute Gasteiger partial charge is 0.262 e. The predicted octanol–water partition coefficient (Wildman–Crippen LogP) is 3.60. The van der Waals surface area contributed by atoms with E-state index in [1.165, 1.54) is 24.0 Å². The van der Waals surface area contributed by atoms with Crippen LogP contribution < -0.4 is 15.6 Å². The topological polar surface area (TPSA) is 93.1 Å². The molecule has 7 nitrogen and oxygen atoms in total. The van der Waals surface area contributed by atoms with Crippen LogP contribution in [0, 0.1) is 18.2 Å². The minimum Gasteiger partial charge on any atom is -0.351 e. The van der Waals surface area contributed by atoms with Crippen LogP contribution in [-0.4, -0.2) is 23.7 Å². The number of aryl methyl sites for hydroxylation is 1. The fraction of sp³-hybridized carbons (Fsp3) is 0.200. The minimum absolute atomic E-state index is 0.0228. The minimum atomic E-state index is -3.63.